The number of benzene rings is 2. The molecule has 1 aromatic heterocycles. The van der Waals surface area contributed by atoms with Gasteiger partial charge in [0.25, 0.3) is 5.91 Å². The molecule has 0 unspecified atom stereocenters. The largest absolute Gasteiger partial charge is 0.454 e. The van der Waals surface area contributed by atoms with Crippen molar-refractivity contribution < 1.29 is 23.5 Å². The van der Waals surface area contributed by atoms with Crippen LogP contribution in [0.25, 0.3) is 11.3 Å². The topological polar surface area (TPSA) is 91.3 Å². The van der Waals surface area contributed by atoms with Gasteiger partial charge < -0.3 is 29.1 Å². The van der Waals surface area contributed by atoms with Crippen molar-refractivity contribution in [1.29, 1.82) is 0 Å². The summed E-state index contributed by atoms with van der Waals surface area (Å²) in [6, 6.07) is 15.1. The van der Waals surface area contributed by atoms with Gasteiger partial charge in [0.2, 0.25) is 12.7 Å². The van der Waals surface area contributed by atoms with Gasteiger partial charge >= 0.3 is 0 Å². The number of fused-ring (bicyclic) bond motifs is 1. The Balaban J connectivity index is 1.23. The minimum atomic E-state index is -0.295. The highest BCUT2D eigenvalue weighted by atomic mass is 19.1. The molecule has 5 rings (SSSR count). The standard InChI is InChI=1S/C31H37FN6O4/c1-3-35(4-2)16-17-38(31(40)24-8-12-27-28(20-24)42-22-41-27)21-30(39)37-15-5-14-36(18-19-37)29-13-11-26(33-34-29)23-6-9-25(32)10-7-23/h6-13,20H,3-5,14-19,21-22H2,1-2H3. The van der Waals surface area contributed by atoms with Crippen LogP contribution in [0.1, 0.15) is 30.6 Å². The Morgan fingerprint density at radius 1 is 0.881 bits per heavy atom. The van der Waals surface area contributed by atoms with Crippen LogP contribution in [-0.4, -0.2) is 102 Å². The molecule has 0 saturated carbocycles. The van der Waals surface area contributed by atoms with E-state index in [4.69, 9.17) is 9.47 Å². The lowest BCUT2D eigenvalue weighted by Crippen LogP contribution is -2.46. The zero-order chi connectivity index (χ0) is 29.5. The normalized spacial score (nSPS) is 14.7. The Bertz CT molecular complexity index is 1370. The summed E-state index contributed by atoms with van der Waals surface area (Å²) in [6.45, 7) is 9.60. The second-order valence-electron chi connectivity index (χ2n) is 10.3. The van der Waals surface area contributed by atoms with Gasteiger partial charge in [0, 0.05) is 50.4 Å². The third-order valence-electron chi connectivity index (χ3n) is 7.78. The molecule has 1 fully saturated rings. The molecule has 2 amide bonds. The molecular formula is C31H37FN6O4. The number of rotatable bonds is 10. The number of carbonyl (C=O) groups excluding carboxylic acids is 2. The fourth-order valence-electron chi connectivity index (χ4n) is 5.19. The van der Waals surface area contributed by atoms with E-state index in [1.54, 1.807) is 35.2 Å². The lowest BCUT2D eigenvalue weighted by Gasteiger charge is -2.29. The first-order valence-electron chi connectivity index (χ1n) is 14.5. The zero-order valence-corrected chi connectivity index (χ0v) is 24.2. The molecule has 0 radical (unpaired) electrons. The molecule has 1 saturated heterocycles. The monoisotopic (exact) mass is 576 g/mol. The van der Waals surface area contributed by atoms with Gasteiger partial charge in [0.15, 0.2) is 17.3 Å². The number of amides is 2. The Hall–Kier alpha value is -4.25. The molecule has 2 aliphatic heterocycles. The maximum Gasteiger partial charge on any atom is 0.254 e. The highest BCUT2D eigenvalue weighted by Gasteiger charge is 2.26. The quantitative estimate of drug-likeness (QED) is 0.362. The molecule has 222 valence electrons. The minimum absolute atomic E-state index is 0.000711. The van der Waals surface area contributed by atoms with Crippen molar-refractivity contribution in [3.63, 3.8) is 0 Å². The third kappa shape index (κ3) is 6.96. The predicted molar refractivity (Wildman–Crippen MR) is 157 cm³/mol. The van der Waals surface area contributed by atoms with E-state index in [9.17, 15) is 14.0 Å². The van der Waals surface area contributed by atoms with Gasteiger partial charge in [-0.05, 0) is 74.1 Å². The molecule has 11 heteroatoms. The van der Waals surface area contributed by atoms with Crippen LogP contribution in [-0.2, 0) is 4.79 Å². The number of ether oxygens (including phenoxy) is 2. The van der Waals surface area contributed by atoms with Crippen LogP contribution in [0.4, 0.5) is 10.2 Å². The van der Waals surface area contributed by atoms with Crippen LogP contribution in [0.3, 0.4) is 0 Å². The average molecular weight is 577 g/mol. The summed E-state index contributed by atoms with van der Waals surface area (Å²) in [7, 11) is 0. The molecule has 0 bridgehead atoms. The average Bonchev–Trinajstić information content (AvgIpc) is 3.35. The fourth-order valence-corrected chi connectivity index (χ4v) is 5.19. The van der Waals surface area contributed by atoms with E-state index in [1.165, 1.54) is 12.1 Å². The first-order chi connectivity index (χ1) is 20.4. The van der Waals surface area contributed by atoms with E-state index >= 15 is 0 Å². The van der Waals surface area contributed by atoms with Gasteiger partial charge in [0.05, 0.1) is 5.69 Å². The molecule has 0 spiro atoms. The van der Waals surface area contributed by atoms with Crippen LogP contribution in [0.2, 0.25) is 0 Å². The van der Waals surface area contributed by atoms with Gasteiger partial charge in [-0.2, -0.15) is 0 Å². The van der Waals surface area contributed by atoms with Gasteiger partial charge in [-0.3, -0.25) is 9.59 Å². The van der Waals surface area contributed by atoms with E-state index in [1.807, 2.05) is 17.0 Å². The van der Waals surface area contributed by atoms with Crippen LogP contribution >= 0.6 is 0 Å². The first-order valence-corrected chi connectivity index (χ1v) is 14.5. The number of hydrogen-bond donors (Lipinski definition) is 0. The minimum Gasteiger partial charge on any atom is -0.454 e. The second kappa shape index (κ2) is 13.6. The number of nitrogens with zero attached hydrogens (tertiary/aromatic N) is 6. The second-order valence-corrected chi connectivity index (χ2v) is 10.3. The summed E-state index contributed by atoms with van der Waals surface area (Å²) >= 11 is 0. The number of aromatic nitrogens is 2. The number of hydrogen-bond acceptors (Lipinski definition) is 8. The number of carbonyl (C=O) groups is 2. The summed E-state index contributed by atoms with van der Waals surface area (Å²) in [5, 5.41) is 8.74. The maximum absolute atomic E-state index is 13.6. The Kier molecular flexibility index (Phi) is 9.48. The predicted octanol–water partition coefficient (Wildman–Crippen LogP) is 3.53. The highest BCUT2D eigenvalue weighted by molar-refractivity contribution is 5.97. The zero-order valence-electron chi connectivity index (χ0n) is 24.2. The van der Waals surface area contributed by atoms with E-state index in [2.05, 4.69) is 33.8 Å². The molecule has 42 heavy (non-hydrogen) atoms. The smallest absolute Gasteiger partial charge is 0.254 e. The Labute approximate surface area is 245 Å². The van der Waals surface area contributed by atoms with Gasteiger partial charge in [0.1, 0.15) is 12.4 Å². The summed E-state index contributed by atoms with van der Waals surface area (Å²) in [5.41, 5.74) is 1.93. The molecule has 2 aliphatic rings. The number of anilines is 1. The lowest BCUT2D eigenvalue weighted by atomic mass is 10.1. The lowest BCUT2D eigenvalue weighted by molar-refractivity contribution is -0.131. The van der Waals surface area contributed by atoms with Crippen LogP contribution < -0.4 is 14.4 Å². The van der Waals surface area contributed by atoms with E-state index in [0.29, 0.717) is 55.5 Å². The molecule has 0 N–H and O–H groups in total. The molecule has 0 aliphatic carbocycles. The summed E-state index contributed by atoms with van der Waals surface area (Å²) in [5.74, 6) is 1.30. The van der Waals surface area contributed by atoms with Crippen molar-refractivity contribution in [2.45, 2.75) is 20.3 Å². The SMILES string of the molecule is CCN(CC)CCN(CC(=O)N1CCCN(c2ccc(-c3ccc(F)cc3)nn2)CC1)C(=O)c1ccc2c(c1)OCO2. The van der Waals surface area contributed by atoms with Gasteiger partial charge in [-0.25, -0.2) is 4.39 Å². The van der Waals surface area contributed by atoms with Crippen LogP contribution in [0.5, 0.6) is 11.5 Å². The molecule has 3 aromatic rings. The molecule has 2 aromatic carbocycles. The molecular weight excluding hydrogens is 539 g/mol. The van der Waals surface area contributed by atoms with Crippen molar-refractivity contribution in [2.75, 3.05) is 70.6 Å². The first kappa shape index (κ1) is 29.2. The van der Waals surface area contributed by atoms with Gasteiger partial charge in [-0.1, -0.05) is 13.8 Å². The van der Waals surface area contributed by atoms with Crippen LogP contribution in [0.15, 0.2) is 54.6 Å². The number of halogens is 1. The molecule has 3 heterocycles. The number of likely N-dealkylation sites (N-methyl/N-ethyl adjacent to an activating group) is 1. The van der Waals surface area contributed by atoms with Crippen molar-refractivity contribution in [1.82, 2.24) is 24.9 Å². The summed E-state index contributed by atoms with van der Waals surface area (Å²) < 4.78 is 24.1. The van der Waals surface area contributed by atoms with E-state index in [0.717, 1.165) is 37.4 Å². The Morgan fingerprint density at radius 2 is 1.67 bits per heavy atom. The van der Waals surface area contributed by atoms with Crippen molar-refractivity contribution in [2.24, 2.45) is 0 Å². The summed E-state index contributed by atoms with van der Waals surface area (Å²) in [6.07, 6.45) is 0.767. The molecule has 0 atom stereocenters. The highest BCUT2D eigenvalue weighted by Crippen LogP contribution is 2.33. The van der Waals surface area contributed by atoms with Crippen molar-refractivity contribution in [3.05, 3.63) is 66.0 Å². The van der Waals surface area contributed by atoms with Gasteiger partial charge in [-0.15, -0.1) is 10.2 Å². The maximum atomic E-state index is 13.6. The van der Waals surface area contributed by atoms with Crippen molar-refractivity contribution >= 4 is 17.6 Å². The van der Waals surface area contributed by atoms with E-state index < -0.39 is 0 Å². The summed E-state index contributed by atoms with van der Waals surface area (Å²) in [4.78, 5) is 35.0. The van der Waals surface area contributed by atoms with E-state index in [-0.39, 0.29) is 31.0 Å². The Morgan fingerprint density at radius 3 is 2.40 bits per heavy atom. The van der Waals surface area contributed by atoms with Crippen molar-refractivity contribution in [3.8, 4) is 22.8 Å². The third-order valence-corrected chi connectivity index (χ3v) is 7.78. The van der Waals surface area contributed by atoms with Crippen LogP contribution in [0, 0.1) is 5.82 Å². The molecule has 10 nitrogen and oxygen atoms in total. The fraction of sp³-hybridized carbons (Fsp3) is 0.419.